The second kappa shape index (κ2) is 15.5. The Balaban J connectivity index is 1.24. The Kier molecular flexibility index (Phi) is 10.2. The molecule has 9 rings (SSSR count). The van der Waals surface area contributed by atoms with Crippen molar-refractivity contribution >= 4 is 79.2 Å². The number of rotatable bonds is 9. The number of imidazole rings is 1. The second-order valence-electron chi connectivity index (χ2n) is 14.2. The summed E-state index contributed by atoms with van der Waals surface area (Å²) in [6.07, 6.45) is 14.3. The standard InChI is InChI=1S/C46H40N5PS3/c1-31-14-12-15-32(2)45(31)55-42-30-48-27-37-38(42)28-47-29-39(37)46-49-40-26-36(54-35-20-10-5-11-21-35)24-25-41(40)51(46)43-22-13-23-44(50-43)52(53,33-16-6-3-7-17-33)34-18-8-4-9-19-34/h3-4,6-9,12-19,22-30,35H,5,10-11,20-21H2,1-2H3. The first-order valence-corrected chi connectivity index (χ1v) is 23.3. The average molecular weight is 790 g/mol. The van der Waals surface area contributed by atoms with E-state index >= 15 is 0 Å². The number of thioether (sulfide) groups is 1. The van der Waals surface area contributed by atoms with Crippen molar-refractivity contribution in [3.05, 3.63) is 151 Å². The predicted molar refractivity (Wildman–Crippen MR) is 236 cm³/mol. The van der Waals surface area contributed by atoms with E-state index in [0.29, 0.717) is 5.25 Å². The summed E-state index contributed by atoms with van der Waals surface area (Å²) in [4.78, 5) is 24.1. The number of pyridine rings is 3. The van der Waals surface area contributed by atoms with Crippen molar-refractivity contribution in [2.75, 3.05) is 0 Å². The first-order chi connectivity index (χ1) is 27.0. The average Bonchev–Trinajstić information content (AvgIpc) is 3.61. The SMILES string of the molecule is Cc1cccc(C)c1Sc1cncc2c(-c3nc4cc(SC5CCCCC5)ccc4n3-c3cccc(P(=S)(c4ccccc4)c4ccccc4)n3)cncc12. The molecule has 8 aromatic rings. The van der Waals surface area contributed by atoms with Crippen LogP contribution < -0.4 is 16.0 Å². The van der Waals surface area contributed by atoms with Crippen molar-refractivity contribution < 1.29 is 0 Å². The zero-order chi connectivity index (χ0) is 37.4. The fourth-order valence-corrected chi connectivity index (χ4v) is 13.6. The van der Waals surface area contributed by atoms with Crippen LogP contribution in [0.4, 0.5) is 0 Å². The van der Waals surface area contributed by atoms with E-state index in [4.69, 9.17) is 31.7 Å². The Morgan fingerprint density at radius 2 is 1.35 bits per heavy atom. The smallest absolute Gasteiger partial charge is 0.149 e. The van der Waals surface area contributed by atoms with Crippen LogP contribution in [0.25, 0.3) is 39.0 Å². The third-order valence-electron chi connectivity index (χ3n) is 10.5. The van der Waals surface area contributed by atoms with Crippen LogP contribution in [0.15, 0.2) is 155 Å². The van der Waals surface area contributed by atoms with Crippen molar-refractivity contribution in [3.63, 3.8) is 0 Å². The van der Waals surface area contributed by atoms with Gasteiger partial charge in [-0.05, 0) is 78.8 Å². The van der Waals surface area contributed by atoms with E-state index in [-0.39, 0.29) is 0 Å². The van der Waals surface area contributed by atoms with Gasteiger partial charge >= 0.3 is 0 Å². The third-order valence-corrected chi connectivity index (χ3v) is 18.0. The number of hydrogen-bond donors (Lipinski definition) is 0. The molecule has 272 valence electrons. The lowest BCUT2D eigenvalue weighted by molar-refractivity contribution is 0.516. The van der Waals surface area contributed by atoms with Gasteiger partial charge in [0.25, 0.3) is 0 Å². The van der Waals surface area contributed by atoms with Crippen LogP contribution in [0.3, 0.4) is 0 Å². The van der Waals surface area contributed by atoms with Crippen molar-refractivity contribution in [2.45, 2.75) is 65.9 Å². The Bertz CT molecular complexity index is 2650. The van der Waals surface area contributed by atoms with Crippen LogP contribution in [0.5, 0.6) is 0 Å². The van der Waals surface area contributed by atoms with Gasteiger partial charge in [0.05, 0.1) is 22.5 Å². The lowest BCUT2D eigenvalue weighted by Crippen LogP contribution is -2.27. The van der Waals surface area contributed by atoms with E-state index < -0.39 is 6.04 Å². The highest BCUT2D eigenvalue weighted by Crippen LogP contribution is 2.44. The Labute approximate surface area is 336 Å². The molecule has 5 nitrogen and oxygen atoms in total. The predicted octanol–water partition coefficient (Wildman–Crippen LogP) is 11.0. The molecule has 0 saturated heterocycles. The van der Waals surface area contributed by atoms with E-state index in [0.717, 1.165) is 60.0 Å². The van der Waals surface area contributed by atoms with E-state index in [2.05, 4.69) is 122 Å². The maximum Gasteiger partial charge on any atom is 0.149 e. The minimum atomic E-state index is -2.51. The molecule has 0 amide bonds. The van der Waals surface area contributed by atoms with Crippen LogP contribution in [0, 0.1) is 13.8 Å². The Morgan fingerprint density at radius 1 is 0.673 bits per heavy atom. The van der Waals surface area contributed by atoms with Gasteiger partial charge < -0.3 is 0 Å². The molecule has 0 bridgehead atoms. The fourth-order valence-electron chi connectivity index (χ4n) is 7.71. The number of benzene rings is 4. The molecule has 4 aromatic heterocycles. The summed E-state index contributed by atoms with van der Waals surface area (Å²) in [6.45, 7) is 4.33. The van der Waals surface area contributed by atoms with E-state index in [1.807, 2.05) is 48.7 Å². The summed E-state index contributed by atoms with van der Waals surface area (Å²) in [5.74, 6) is 1.55. The molecule has 4 aromatic carbocycles. The van der Waals surface area contributed by atoms with Gasteiger partial charge in [-0.3, -0.25) is 14.5 Å². The van der Waals surface area contributed by atoms with Crippen molar-refractivity contribution in [3.8, 4) is 17.2 Å². The van der Waals surface area contributed by atoms with Gasteiger partial charge in [-0.2, -0.15) is 0 Å². The largest absolute Gasteiger partial charge is 0.276 e. The normalized spacial score (nSPS) is 13.8. The van der Waals surface area contributed by atoms with Crippen molar-refractivity contribution in [1.82, 2.24) is 24.5 Å². The number of aryl methyl sites for hydroxylation is 2. The topological polar surface area (TPSA) is 56.5 Å². The zero-order valence-electron chi connectivity index (χ0n) is 30.8. The molecule has 55 heavy (non-hydrogen) atoms. The summed E-state index contributed by atoms with van der Waals surface area (Å²) >= 11 is 10.5. The maximum absolute atomic E-state index is 6.76. The third kappa shape index (κ3) is 6.95. The highest BCUT2D eigenvalue weighted by Gasteiger charge is 2.28. The fraction of sp³-hybridized carbons (Fsp3) is 0.174. The summed E-state index contributed by atoms with van der Waals surface area (Å²) in [5, 5.41) is 4.90. The number of fused-ring (bicyclic) bond motifs is 2. The number of hydrogen-bond acceptors (Lipinski definition) is 7. The molecule has 4 heterocycles. The molecule has 1 saturated carbocycles. The maximum atomic E-state index is 6.76. The summed E-state index contributed by atoms with van der Waals surface area (Å²) in [6, 6.07) is 37.9. The minimum Gasteiger partial charge on any atom is -0.276 e. The van der Waals surface area contributed by atoms with Crippen LogP contribution in [0.1, 0.15) is 43.2 Å². The highest BCUT2D eigenvalue weighted by atomic mass is 32.4. The summed E-state index contributed by atoms with van der Waals surface area (Å²) in [7, 11) is 0. The Hall–Kier alpha value is -4.59. The van der Waals surface area contributed by atoms with Gasteiger partial charge in [0, 0.05) is 61.1 Å². The van der Waals surface area contributed by atoms with Crippen molar-refractivity contribution in [2.24, 2.45) is 0 Å². The number of aromatic nitrogens is 5. The zero-order valence-corrected chi connectivity index (χ0v) is 34.1. The molecule has 0 atom stereocenters. The Morgan fingerprint density at radius 3 is 2.07 bits per heavy atom. The van der Waals surface area contributed by atoms with Gasteiger partial charge in [-0.1, -0.05) is 128 Å². The van der Waals surface area contributed by atoms with Gasteiger partial charge in [-0.25, -0.2) is 9.97 Å². The molecule has 0 N–H and O–H groups in total. The van der Waals surface area contributed by atoms with Gasteiger partial charge in [0.2, 0.25) is 0 Å². The first kappa shape index (κ1) is 36.1. The van der Waals surface area contributed by atoms with Gasteiger partial charge in [0.1, 0.15) is 11.6 Å². The highest BCUT2D eigenvalue weighted by molar-refractivity contribution is 8.25. The molecule has 0 spiro atoms. The van der Waals surface area contributed by atoms with Crippen LogP contribution in [0.2, 0.25) is 0 Å². The molecule has 0 aliphatic heterocycles. The molecule has 0 radical (unpaired) electrons. The lowest BCUT2D eigenvalue weighted by Gasteiger charge is -2.23. The first-order valence-electron chi connectivity index (χ1n) is 18.8. The van der Waals surface area contributed by atoms with Gasteiger partial charge in [0.15, 0.2) is 0 Å². The monoisotopic (exact) mass is 789 g/mol. The van der Waals surface area contributed by atoms with Crippen molar-refractivity contribution in [1.29, 1.82) is 0 Å². The van der Waals surface area contributed by atoms with Crippen LogP contribution in [-0.4, -0.2) is 29.8 Å². The molecule has 0 unspecified atom stereocenters. The summed E-state index contributed by atoms with van der Waals surface area (Å²) in [5.41, 5.74) is 6.20. The molecule has 1 aliphatic rings. The van der Waals surface area contributed by atoms with Crippen LogP contribution in [-0.2, 0) is 11.8 Å². The molecule has 1 aliphatic carbocycles. The molecule has 9 heteroatoms. The van der Waals surface area contributed by atoms with E-state index in [9.17, 15) is 0 Å². The minimum absolute atomic E-state index is 0.646. The van der Waals surface area contributed by atoms with E-state index in [1.54, 1.807) is 11.8 Å². The molecular weight excluding hydrogens is 750 g/mol. The second-order valence-corrected chi connectivity index (χ2v) is 21.0. The van der Waals surface area contributed by atoms with E-state index in [1.165, 1.54) is 53.0 Å². The quantitative estimate of drug-likeness (QED) is 0.135. The lowest BCUT2D eigenvalue weighted by atomic mass is 10.0. The summed E-state index contributed by atoms with van der Waals surface area (Å²) < 4.78 is 2.20. The van der Waals surface area contributed by atoms with Crippen LogP contribution >= 0.6 is 29.6 Å². The molecular formula is C46H40N5PS3. The van der Waals surface area contributed by atoms with Gasteiger partial charge in [-0.15, -0.1) is 11.8 Å². The number of nitrogens with zero attached hydrogens (tertiary/aromatic N) is 5. The molecule has 1 fully saturated rings.